The van der Waals surface area contributed by atoms with Gasteiger partial charge in [0.1, 0.15) is 12.4 Å². The van der Waals surface area contributed by atoms with Crippen LogP contribution in [0.2, 0.25) is 0 Å². The van der Waals surface area contributed by atoms with Gasteiger partial charge in [0.2, 0.25) is 5.91 Å². The van der Waals surface area contributed by atoms with Gasteiger partial charge in [-0.25, -0.2) is 12.8 Å². The average Bonchev–Trinajstić information content (AvgIpc) is 2.69. The Hall–Kier alpha value is -2.71. The number of anilines is 2. The molecule has 0 saturated heterocycles. The molecule has 1 N–H and O–H groups in total. The van der Waals surface area contributed by atoms with Crippen LogP contribution in [0.25, 0.3) is 0 Å². The van der Waals surface area contributed by atoms with Crippen molar-refractivity contribution >= 4 is 43.2 Å². The van der Waals surface area contributed by atoms with Crippen molar-refractivity contribution in [2.45, 2.75) is 11.8 Å². The summed E-state index contributed by atoms with van der Waals surface area (Å²) in [5.74, 6) is -1.05. The van der Waals surface area contributed by atoms with Gasteiger partial charge < -0.3 is 5.32 Å². The molecule has 0 heterocycles. The summed E-state index contributed by atoms with van der Waals surface area (Å²) in [5, 5.41) is 2.70. The molecule has 0 spiro atoms. The van der Waals surface area contributed by atoms with E-state index in [2.05, 4.69) is 21.2 Å². The zero-order chi connectivity index (χ0) is 21.0. The smallest absolute Gasteiger partial charge is 0.264 e. The Balaban J connectivity index is 1.95. The van der Waals surface area contributed by atoms with Crippen molar-refractivity contribution in [1.29, 1.82) is 0 Å². The van der Waals surface area contributed by atoms with Gasteiger partial charge in [-0.1, -0.05) is 29.8 Å². The lowest BCUT2D eigenvalue weighted by molar-refractivity contribution is -0.114. The molecule has 8 heteroatoms. The fourth-order valence-corrected chi connectivity index (χ4v) is 4.45. The van der Waals surface area contributed by atoms with Crippen molar-refractivity contribution in [3.8, 4) is 0 Å². The summed E-state index contributed by atoms with van der Waals surface area (Å²) in [4.78, 5) is 12.5. The molecule has 1 amide bonds. The summed E-state index contributed by atoms with van der Waals surface area (Å²) in [6, 6.07) is 18.3. The third kappa shape index (κ3) is 5.02. The van der Waals surface area contributed by atoms with E-state index in [0.717, 1.165) is 22.0 Å². The van der Waals surface area contributed by atoms with E-state index in [1.54, 1.807) is 48.5 Å². The van der Waals surface area contributed by atoms with E-state index >= 15 is 0 Å². The first-order chi connectivity index (χ1) is 13.8. The van der Waals surface area contributed by atoms with Gasteiger partial charge in [0.15, 0.2) is 0 Å². The minimum Gasteiger partial charge on any atom is -0.323 e. The van der Waals surface area contributed by atoms with Gasteiger partial charge in [-0.3, -0.25) is 9.10 Å². The summed E-state index contributed by atoms with van der Waals surface area (Å²) in [5.41, 5.74) is 1.81. The minimum atomic E-state index is -4.09. The van der Waals surface area contributed by atoms with Crippen molar-refractivity contribution in [3.63, 3.8) is 0 Å². The zero-order valence-corrected chi connectivity index (χ0v) is 17.9. The highest BCUT2D eigenvalue weighted by atomic mass is 79.9. The summed E-state index contributed by atoms with van der Waals surface area (Å²) in [6.07, 6.45) is 0. The standard InChI is InChI=1S/C21H18BrFN2O3S/c1-15-6-10-17(11-7-15)25(29(27,28)18-12-8-16(23)9-13-18)14-21(26)24-20-5-3-2-4-19(20)22/h2-13H,14H2,1H3,(H,24,26). The fourth-order valence-electron chi connectivity index (χ4n) is 2.64. The van der Waals surface area contributed by atoms with Crippen LogP contribution in [-0.4, -0.2) is 20.9 Å². The van der Waals surface area contributed by atoms with E-state index in [1.807, 2.05) is 6.92 Å². The van der Waals surface area contributed by atoms with E-state index in [0.29, 0.717) is 15.8 Å². The molecular formula is C21H18BrFN2O3S. The number of amides is 1. The molecule has 0 unspecified atom stereocenters. The van der Waals surface area contributed by atoms with Gasteiger partial charge in [0.05, 0.1) is 16.3 Å². The number of sulfonamides is 1. The van der Waals surface area contributed by atoms with E-state index in [9.17, 15) is 17.6 Å². The molecule has 150 valence electrons. The van der Waals surface area contributed by atoms with Crippen LogP contribution in [0.3, 0.4) is 0 Å². The van der Waals surface area contributed by atoms with Gasteiger partial charge in [0, 0.05) is 4.47 Å². The Morgan fingerprint density at radius 2 is 1.62 bits per heavy atom. The number of para-hydroxylation sites is 1. The number of nitrogens with zero attached hydrogens (tertiary/aromatic N) is 1. The molecule has 29 heavy (non-hydrogen) atoms. The molecule has 0 aliphatic carbocycles. The fraction of sp³-hybridized carbons (Fsp3) is 0.0952. The lowest BCUT2D eigenvalue weighted by Crippen LogP contribution is -2.38. The van der Waals surface area contributed by atoms with Crippen LogP contribution < -0.4 is 9.62 Å². The lowest BCUT2D eigenvalue weighted by atomic mass is 10.2. The Labute approximate surface area is 177 Å². The Morgan fingerprint density at radius 1 is 1.00 bits per heavy atom. The van der Waals surface area contributed by atoms with Crippen molar-refractivity contribution < 1.29 is 17.6 Å². The SMILES string of the molecule is Cc1ccc(N(CC(=O)Nc2ccccc2Br)S(=O)(=O)c2ccc(F)cc2)cc1. The molecule has 0 aliphatic rings. The Morgan fingerprint density at radius 3 is 2.24 bits per heavy atom. The number of hydrogen-bond acceptors (Lipinski definition) is 3. The lowest BCUT2D eigenvalue weighted by Gasteiger charge is -2.24. The molecule has 3 aromatic rings. The molecule has 0 atom stereocenters. The third-order valence-electron chi connectivity index (χ3n) is 4.16. The largest absolute Gasteiger partial charge is 0.323 e. The number of benzene rings is 3. The van der Waals surface area contributed by atoms with Crippen LogP contribution in [0.1, 0.15) is 5.56 Å². The van der Waals surface area contributed by atoms with Crippen molar-refractivity contribution in [2.24, 2.45) is 0 Å². The number of carbonyl (C=O) groups is 1. The number of halogens is 2. The first kappa shape index (κ1) is 21.0. The van der Waals surface area contributed by atoms with Crippen LogP contribution >= 0.6 is 15.9 Å². The van der Waals surface area contributed by atoms with Crippen LogP contribution in [0.15, 0.2) is 82.2 Å². The molecule has 0 aromatic heterocycles. The summed E-state index contributed by atoms with van der Waals surface area (Å²) in [7, 11) is -4.09. The normalized spacial score (nSPS) is 11.1. The molecule has 0 fully saturated rings. The highest BCUT2D eigenvalue weighted by molar-refractivity contribution is 9.10. The van der Waals surface area contributed by atoms with Crippen LogP contribution in [0.5, 0.6) is 0 Å². The van der Waals surface area contributed by atoms with Crippen molar-refractivity contribution in [1.82, 2.24) is 0 Å². The zero-order valence-electron chi connectivity index (χ0n) is 15.5. The maximum Gasteiger partial charge on any atom is 0.264 e. The second kappa shape index (κ2) is 8.75. The summed E-state index contributed by atoms with van der Waals surface area (Å²) < 4.78 is 41.3. The first-order valence-electron chi connectivity index (χ1n) is 8.67. The van der Waals surface area contributed by atoms with Gasteiger partial charge in [-0.05, 0) is 71.4 Å². The van der Waals surface area contributed by atoms with Gasteiger partial charge in [0.25, 0.3) is 10.0 Å². The molecular weight excluding hydrogens is 459 g/mol. The van der Waals surface area contributed by atoms with Crippen molar-refractivity contribution in [3.05, 3.63) is 88.6 Å². The van der Waals surface area contributed by atoms with Gasteiger partial charge >= 0.3 is 0 Å². The summed E-state index contributed by atoms with van der Waals surface area (Å²) >= 11 is 3.34. The highest BCUT2D eigenvalue weighted by Crippen LogP contribution is 2.25. The van der Waals surface area contributed by atoms with E-state index in [1.165, 1.54) is 12.1 Å². The molecule has 0 bridgehead atoms. The highest BCUT2D eigenvalue weighted by Gasteiger charge is 2.27. The van der Waals surface area contributed by atoms with Gasteiger partial charge in [-0.15, -0.1) is 0 Å². The Bertz CT molecular complexity index is 1120. The predicted octanol–water partition coefficient (Wildman–Crippen LogP) is 4.73. The second-order valence-corrected chi connectivity index (χ2v) is 9.05. The predicted molar refractivity (Wildman–Crippen MR) is 115 cm³/mol. The first-order valence-corrected chi connectivity index (χ1v) is 10.9. The van der Waals surface area contributed by atoms with E-state index in [4.69, 9.17) is 0 Å². The maximum atomic E-state index is 13.3. The Kier molecular flexibility index (Phi) is 6.34. The molecule has 5 nitrogen and oxygen atoms in total. The molecule has 3 aromatic carbocycles. The molecule has 0 saturated carbocycles. The summed E-state index contributed by atoms with van der Waals surface area (Å²) in [6.45, 7) is 1.44. The molecule has 0 radical (unpaired) electrons. The molecule has 0 aliphatic heterocycles. The monoisotopic (exact) mass is 476 g/mol. The number of nitrogens with one attached hydrogen (secondary N) is 1. The number of aryl methyl sites for hydroxylation is 1. The van der Waals surface area contributed by atoms with Crippen LogP contribution in [0.4, 0.5) is 15.8 Å². The third-order valence-corrected chi connectivity index (χ3v) is 6.64. The van der Waals surface area contributed by atoms with Crippen LogP contribution in [0, 0.1) is 12.7 Å². The van der Waals surface area contributed by atoms with Gasteiger partial charge in [-0.2, -0.15) is 0 Å². The topological polar surface area (TPSA) is 66.5 Å². The maximum absolute atomic E-state index is 13.3. The quantitative estimate of drug-likeness (QED) is 0.558. The second-order valence-electron chi connectivity index (χ2n) is 6.33. The minimum absolute atomic E-state index is 0.104. The average molecular weight is 477 g/mol. The van der Waals surface area contributed by atoms with E-state index in [-0.39, 0.29) is 4.90 Å². The van der Waals surface area contributed by atoms with Crippen molar-refractivity contribution in [2.75, 3.05) is 16.2 Å². The van der Waals surface area contributed by atoms with Crippen LogP contribution in [-0.2, 0) is 14.8 Å². The van der Waals surface area contributed by atoms with E-state index < -0.39 is 28.3 Å². The number of rotatable bonds is 6. The number of carbonyl (C=O) groups excluding carboxylic acids is 1. The number of hydrogen-bond donors (Lipinski definition) is 1. The molecule has 3 rings (SSSR count).